The van der Waals surface area contributed by atoms with Crippen LogP contribution in [-0.4, -0.2) is 34.4 Å². The lowest BCUT2D eigenvalue weighted by atomic mass is 10.1. The Morgan fingerprint density at radius 3 is 2.47 bits per heavy atom. The predicted molar refractivity (Wildman–Crippen MR) is 71.1 cm³/mol. The average molecular weight is 267 g/mol. The SMILES string of the molecule is CC(C)(CO)NC(=O)Nc1ccc(C(=O)O)cc1N. The maximum absolute atomic E-state index is 11.7. The summed E-state index contributed by atoms with van der Waals surface area (Å²) in [6.07, 6.45) is 0. The number of hydrogen-bond donors (Lipinski definition) is 5. The van der Waals surface area contributed by atoms with Crippen LogP contribution in [0.1, 0.15) is 24.2 Å². The topological polar surface area (TPSA) is 125 Å². The van der Waals surface area contributed by atoms with E-state index in [0.717, 1.165) is 0 Å². The molecule has 0 unspecified atom stereocenters. The van der Waals surface area contributed by atoms with E-state index < -0.39 is 17.5 Å². The summed E-state index contributed by atoms with van der Waals surface area (Å²) in [4.78, 5) is 22.4. The van der Waals surface area contributed by atoms with Gasteiger partial charge in [-0.05, 0) is 32.0 Å². The number of nitrogens with two attached hydrogens (primary N) is 1. The van der Waals surface area contributed by atoms with Gasteiger partial charge < -0.3 is 26.6 Å². The molecule has 0 aromatic heterocycles. The van der Waals surface area contributed by atoms with Crippen molar-refractivity contribution >= 4 is 23.4 Å². The second-order valence-corrected chi connectivity index (χ2v) is 4.73. The van der Waals surface area contributed by atoms with Crippen molar-refractivity contribution in [1.29, 1.82) is 0 Å². The number of carboxylic acid groups (broad SMARTS) is 1. The van der Waals surface area contributed by atoms with E-state index in [4.69, 9.17) is 15.9 Å². The van der Waals surface area contributed by atoms with Crippen LogP contribution < -0.4 is 16.4 Å². The molecule has 104 valence electrons. The number of benzene rings is 1. The molecular formula is C12H17N3O4. The van der Waals surface area contributed by atoms with Crippen LogP contribution in [0.15, 0.2) is 18.2 Å². The monoisotopic (exact) mass is 267 g/mol. The molecule has 0 fully saturated rings. The highest BCUT2D eigenvalue weighted by Gasteiger charge is 2.19. The molecule has 7 heteroatoms. The number of carbonyl (C=O) groups is 2. The Hall–Kier alpha value is -2.28. The molecule has 1 aromatic carbocycles. The number of nitrogen functional groups attached to an aromatic ring is 1. The van der Waals surface area contributed by atoms with Crippen LogP contribution in [0.3, 0.4) is 0 Å². The standard InChI is InChI=1S/C12H17N3O4/c1-12(2,6-16)15-11(19)14-9-4-3-7(10(17)18)5-8(9)13/h3-5,16H,6,13H2,1-2H3,(H,17,18)(H2,14,15,19). The van der Waals surface area contributed by atoms with Gasteiger partial charge in [-0.15, -0.1) is 0 Å². The van der Waals surface area contributed by atoms with E-state index in [9.17, 15) is 9.59 Å². The molecule has 7 nitrogen and oxygen atoms in total. The molecule has 1 rings (SSSR count). The third-order valence-electron chi connectivity index (χ3n) is 2.39. The highest BCUT2D eigenvalue weighted by molar-refractivity contribution is 5.95. The van der Waals surface area contributed by atoms with Gasteiger partial charge in [0, 0.05) is 0 Å². The van der Waals surface area contributed by atoms with Crippen molar-refractivity contribution in [3.05, 3.63) is 23.8 Å². The average Bonchev–Trinajstić information content (AvgIpc) is 2.30. The van der Waals surface area contributed by atoms with Gasteiger partial charge in [-0.3, -0.25) is 0 Å². The Morgan fingerprint density at radius 2 is 2.00 bits per heavy atom. The fourth-order valence-corrected chi connectivity index (χ4v) is 1.31. The Bertz CT molecular complexity index is 500. The van der Waals surface area contributed by atoms with Crippen LogP contribution in [0.2, 0.25) is 0 Å². The van der Waals surface area contributed by atoms with Crippen LogP contribution in [0.4, 0.5) is 16.2 Å². The summed E-state index contributed by atoms with van der Waals surface area (Å²) in [5, 5.41) is 22.8. The molecule has 6 N–H and O–H groups in total. The van der Waals surface area contributed by atoms with Gasteiger partial charge in [-0.25, -0.2) is 9.59 Å². The number of hydrogen-bond acceptors (Lipinski definition) is 4. The van der Waals surface area contributed by atoms with Gasteiger partial charge in [0.15, 0.2) is 0 Å². The van der Waals surface area contributed by atoms with Gasteiger partial charge >= 0.3 is 12.0 Å². The number of aromatic carboxylic acids is 1. The molecule has 0 aliphatic rings. The van der Waals surface area contributed by atoms with Crippen LogP contribution in [-0.2, 0) is 0 Å². The van der Waals surface area contributed by atoms with Gasteiger partial charge in [0.1, 0.15) is 0 Å². The van der Waals surface area contributed by atoms with Crippen molar-refractivity contribution in [3.63, 3.8) is 0 Å². The van der Waals surface area contributed by atoms with Crippen LogP contribution in [0.25, 0.3) is 0 Å². The number of carbonyl (C=O) groups excluding carboxylic acids is 1. The molecule has 0 aliphatic heterocycles. The quantitative estimate of drug-likeness (QED) is 0.517. The zero-order chi connectivity index (χ0) is 14.6. The zero-order valence-electron chi connectivity index (χ0n) is 10.7. The molecule has 0 aliphatic carbocycles. The summed E-state index contributed by atoms with van der Waals surface area (Å²) in [6.45, 7) is 3.10. The zero-order valence-corrected chi connectivity index (χ0v) is 10.7. The summed E-state index contributed by atoms with van der Waals surface area (Å²) < 4.78 is 0. The molecule has 0 atom stereocenters. The first-order valence-electron chi connectivity index (χ1n) is 5.58. The van der Waals surface area contributed by atoms with Crippen LogP contribution in [0.5, 0.6) is 0 Å². The number of amides is 2. The number of urea groups is 1. The first-order chi connectivity index (χ1) is 8.75. The van der Waals surface area contributed by atoms with E-state index in [1.165, 1.54) is 18.2 Å². The second kappa shape index (κ2) is 5.57. The summed E-state index contributed by atoms with van der Waals surface area (Å²) in [5.41, 5.74) is 5.38. The Morgan fingerprint density at radius 1 is 1.37 bits per heavy atom. The predicted octanol–water partition coefficient (Wildman–Crippen LogP) is 0.859. The van der Waals surface area contributed by atoms with E-state index in [-0.39, 0.29) is 17.9 Å². The van der Waals surface area contributed by atoms with E-state index in [0.29, 0.717) is 5.69 Å². The first-order valence-corrected chi connectivity index (χ1v) is 5.58. The summed E-state index contributed by atoms with van der Waals surface area (Å²) in [7, 11) is 0. The minimum absolute atomic E-state index is 0.0409. The molecule has 0 heterocycles. The third kappa shape index (κ3) is 4.14. The van der Waals surface area contributed by atoms with Crippen molar-refractivity contribution in [2.75, 3.05) is 17.7 Å². The van der Waals surface area contributed by atoms with E-state index in [1.807, 2.05) is 0 Å². The van der Waals surface area contributed by atoms with Crippen LogP contribution in [0, 0.1) is 0 Å². The Balaban J connectivity index is 2.78. The largest absolute Gasteiger partial charge is 0.478 e. The van der Waals surface area contributed by atoms with Crippen molar-refractivity contribution in [1.82, 2.24) is 5.32 Å². The molecule has 0 saturated heterocycles. The molecule has 0 spiro atoms. The Labute approximate surface area is 110 Å². The fourth-order valence-electron chi connectivity index (χ4n) is 1.31. The highest BCUT2D eigenvalue weighted by atomic mass is 16.4. The minimum Gasteiger partial charge on any atom is -0.478 e. The highest BCUT2D eigenvalue weighted by Crippen LogP contribution is 2.20. The van der Waals surface area contributed by atoms with E-state index in [1.54, 1.807) is 13.8 Å². The molecule has 2 amide bonds. The molecule has 19 heavy (non-hydrogen) atoms. The van der Waals surface area contributed by atoms with E-state index in [2.05, 4.69) is 10.6 Å². The molecule has 1 aromatic rings. The second-order valence-electron chi connectivity index (χ2n) is 4.73. The summed E-state index contributed by atoms with van der Waals surface area (Å²) in [6, 6.07) is 3.47. The lowest BCUT2D eigenvalue weighted by Crippen LogP contribution is -2.48. The molecule has 0 radical (unpaired) electrons. The number of aliphatic hydroxyl groups excluding tert-OH is 1. The molecule has 0 bridgehead atoms. The number of carboxylic acids is 1. The smallest absolute Gasteiger partial charge is 0.335 e. The first kappa shape index (κ1) is 14.8. The van der Waals surface area contributed by atoms with Gasteiger partial charge in [-0.2, -0.15) is 0 Å². The minimum atomic E-state index is -1.09. The van der Waals surface area contributed by atoms with Gasteiger partial charge in [0.2, 0.25) is 0 Å². The lowest BCUT2D eigenvalue weighted by molar-refractivity contribution is 0.0697. The number of nitrogens with one attached hydrogen (secondary N) is 2. The normalized spacial score (nSPS) is 10.9. The van der Waals surface area contributed by atoms with E-state index >= 15 is 0 Å². The molecule has 0 saturated carbocycles. The van der Waals surface area contributed by atoms with Crippen LogP contribution >= 0.6 is 0 Å². The van der Waals surface area contributed by atoms with Crippen molar-refractivity contribution < 1.29 is 19.8 Å². The van der Waals surface area contributed by atoms with Crippen molar-refractivity contribution in [2.24, 2.45) is 0 Å². The van der Waals surface area contributed by atoms with Gasteiger partial charge in [0.05, 0.1) is 29.1 Å². The number of rotatable bonds is 4. The lowest BCUT2D eigenvalue weighted by Gasteiger charge is -2.23. The maximum Gasteiger partial charge on any atom is 0.335 e. The number of aliphatic hydroxyl groups is 1. The number of anilines is 2. The summed E-state index contributed by atoms with van der Waals surface area (Å²) in [5.74, 6) is -1.09. The Kier molecular flexibility index (Phi) is 4.34. The van der Waals surface area contributed by atoms with Crippen molar-refractivity contribution in [3.8, 4) is 0 Å². The maximum atomic E-state index is 11.7. The third-order valence-corrected chi connectivity index (χ3v) is 2.39. The summed E-state index contributed by atoms with van der Waals surface area (Å²) >= 11 is 0. The van der Waals surface area contributed by atoms with Crippen molar-refractivity contribution in [2.45, 2.75) is 19.4 Å². The fraction of sp³-hybridized carbons (Fsp3) is 0.333. The van der Waals surface area contributed by atoms with Gasteiger partial charge in [0.25, 0.3) is 0 Å². The van der Waals surface area contributed by atoms with Gasteiger partial charge in [-0.1, -0.05) is 0 Å². The molecular weight excluding hydrogens is 250 g/mol.